The Hall–Kier alpha value is 0.412. The zero-order valence-corrected chi connectivity index (χ0v) is 10.5. The molecule has 0 saturated carbocycles. The van der Waals surface area contributed by atoms with Gasteiger partial charge < -0.3 is 13.4 Å². The van der Waals surface area contributed by atoms with E-state index in [4.69, 9.17) is 9.47 Å². The summed E-state index contributed by atoms with van der Waals surface area (Å²) in [5, 5.41) is 0. The number of hydrogen-bond acceptors (Lipinski definition) is 3. The molecule has 12 heavy (non-hydrogen) atoms. The molecule has 0 heterocycles. The average Bonchev–Trinajstić information content (AvgIpc) is 2.06. The van der Waals surface area contributed by atoms with Gasteiger partial charge in [-0.1, -0.05) is 0 Å². The molecule has 0 saturated heterocycles. The zero-order chi connectivity index (χ0) is 9.23. The standard InChI is InChI=1S/C8H18NO2.Al.2H/c1-10-7-3-5-9-6-4-8-11-2;;;/h3-8H2,1-2H3;;;/q-1;+1;;. The van der Waals surface area contributed by atoms with Gasteiger partial charge in [0.2, 0.25) is 0 Å². The Bertz CT molecular complexity index is 83.1. The summed E-state index contributed by atoms with van der Waals surface area (Å²) in [6.45, 7) is 4.10. The van der Waals surface area contributed by atoms with Gasteiger partial charge >= 0.3 is 16.5 Å². The van der Waals surface area contributed by atoms with Crippen molar-refractivity contribution in [3.8, 4) is 0 Å². The number of rotatable bonds is 8. The van der Waals surface area contributed by atoms with Gasteiger partial charge in [-0.2, -0.15) is 0 Å². The van der Waals surface area contributed by atoms with Gasteiger partial charge in [0.15, 0.2) is 0 Å². The summed E-state index contributed by atoms with van der Waals surface area (Å²) in [6, 6.07) is 0. The molecule has 0 aliphatic heterocycles. The predicted octanol–water partition coefficient (Wildman–Crippen LogP) is -0.0905. The molecule has 0 aromatic carbocycles. The first kappa shape index (κ1) is 12.4. The molecule has 0 bridgehead atoms. The lowest BCUT2D eigenvalue weighted by Crippen LogP contribution is -2.24. The van der Waals surface area contributed by atoms with E-state index in [0.29, 0.717) is 0 Å². The minimum absolute atomic E-state index is 0.878. The molecule has 0 atom stereocenters. The summed E-state index contributed by atoms with van der Waals surface area (Å²) in [7, 11) is 3.50. The topological polar surface area (TPSA) is 21.7 Å². The first-order valence-electron chi connectivity index (χ1n) is 4.47. The van der Waals surface area contributed by atoms with E-state index in [1.807, 2.05) is 0 Å². The highest BCUT2D eigenvalue weighted by atomic mass is 27.1. The average molecular weight is 189 g/mol. The van der Waals surface area contributed by atoms with Crippen LogP contribution in [0.4, 0.5) is 0 Å². The molecule has 0 amide bonds. The maximum Gasteiger partial charge on any atom is 0.321 e. The Balaban J connectivity index is 3.04. The lowest BCUT2D eigenvalue weighted by Gasteiger charge is -2.16. The van der Waals surface area contributed by atoms with E-state index >= 15 is 0 Å². The van der Waals surface area contributed by atoms with Crippen LogP contribution >= 0.6 is 0 Å². The molecule has 0 aliphatic rings. The Kier molecular flexibility index (Phi) is 9.83. The van der Waals surface area contributed by atoms with Crippen LogP contribution in [0.3, 0.4) is 0 Å². The first-order valence-corrected chi connectivity index (χ1v) is 5.37. The van der Waals surface area contributed by atoms with Crippen molar-refractivity contribution in [1.82, 2.24) is 3.88 Å². The third-order valence-corrected chi connectivity index (χ3v) is 2.67. The van der Waals surface area contributed by atoms with E-state index in [-0.39, 0.29) is 0 Å². The summed E-state index contributed by atoms with van der Waals surface area (Å²) in [5.41, 5.74) is 0. The van der Waals surface area contributed by atoms with Crippen LogP contribution in [0.2, 0.25) is 0 Å². The van der Waals surface area contributed by atoms with E-state index in [1.54, 1.807) is 14.2 Å². The lowest BCUT2D eigenvalue weighted by atomic mass is 10.4. The molecule has 0 fully saturated rings. The highest BCUT2D eigenvalue weighted by Gasteiger charge is 1.96. The van der Waals surface area contributed by atoms with Crippen molar-refractivity contribution in [2.45, 2.75) is 12.8 Å². The molecule has 0 unspecified atom stereocenters. The minimum atomic E-state index is 0.878. The molecule has 4 heteroatoms. The van der Waals surface area contributed by atoms with Crippen LogP contribution in [0, 0.1) is 0 Å². The van der Waals surface area contributed by atoms with Gasteiger partial charge in [0.25, 0.3) is 0 Å². The third-order valence-electron chi connectivity index (χ3n) is 1.78. The number of ether oxygens (including phenoxy) is 2. The summed E-state index contributed by atoms with van der Waals surface area (Å²) < 4.78 is 12.4. The lowest BCUT2D eigenvalue weighted by molar-refractivity contribution is 0.176. The first-order chi connectivity index (χ1) is 5.81. The Morgan fingerprint density at radius 1 is 1.00 bits per heavy atom. The molecule has 0 aromatic rings. The number of nitrogens with zero attached hydrogens (tertiary/aromatic N) is 1. The fraction of sp³-hybridized carbons (Fsp3) is 1.00. The molecule has 72 valence electrons. The van der Waals surface area contributed by atoms with Crippen molar-refractivity contribution in [2.75, 3.05) is 40.5 Å². The molecular weight excluding hydrogens is 169 g/mol. The van der Waals surface area contributed by atoms with Gasteiger partial charge in [0.05, 0.1) is 0 Å². The summed E-state index contributed by atoms with van der Waals surface area (Å²) in [5.74, 6) is 0. The van der Waals surface area contributed by atoms with E-state index in [9.17, 15) is 0 Å². The predicted molar refractivity (Wildman–Crippen MR) is 53.1 cm³/mol. The van der Waals surface area contributed by atoms with Gasteiger partial charge in [-0.15, -0.1) is 0 Å². The fourth-order valence-electron chi connectivity index (χ4n) is 1.07. The summed E-state index contributed by atoms with van der Waals surface area (Å²) >= 11 is 1.14. The highest BCUT2D eigenvalue weighted by Crippen LogP contribution is 1.90. The van der Waals surface area contributed by atoms with Crippen molar-refractivity contribution in [1.29, 1.82) is 0 Å². The molecule has 3 nitrogen and oxygen atoms in total. The quantitative estimate of drug-likeness (QED) is 0.393. The van der Waals surface area contributed by atoms with Crippen LogP contribution in [-0.4, -0.2) is 60.9 Å². The van der Waals surface area contributed by atoms with Gasteiger partial charge in [-0.25, -0.2) is 0 Å². The van der Waals surface area contributed by atoms with Crippen molar-refractivity contribution in [3.63, 3.8) is 0 Å². The Morgan fingerprint density at radius 2 is 1.42 bits per heavy atom. The monoisotopic (exact) mass is 189 g/mol. The van der Waals surface area contributed by atoms with Crippen LogP contribution in [0.5, 0.6) is 0 Å². The van der Waals surface area contributed by atoms with Gasteiger partial charge in [-0.05, 0) is 25.9 Å². The minimum Gasteiger partial charge on any atom is -0.390 e. The van der Waals surface area contributed by atoms with E-state index in [0.717, 1.165) is 42.6 Å². The normalized spacial score (nSPS) is 10.9. The summed E-state index contributed by atoms with van der Waals surface area (Å²) in [6.07, 6.45) is 2.29. The molecule has 0 radical (unpaired) electrons. The fourth-order valence-corrected chi connectivity index (χ4v) is 1.70. The van der Waals surface area contributed by atoms with Crippen molar-refractivity contribution >= 4 is 16.5 Å². The van der Waals surface area contributed by atoms with Crippen LogP contribution in [0.25, 0.3) is 0 Å². The maximum absolute atomic E-state index is 4.98. The molecular formula is C8H20AlNO2. The van der Waals surface area contributed by atoms with Gasteiger partial charge in [0, 0.05) is 27.4 Å². The van der Waals surface area contributed by atoms with Crippen molar-refractivity contribution in [2.24, 2.45) is 0 Å². The Labute approximate surface area is 83.7 Å². The third kappa shape index (κ3) is 8.51. The van der Waals surface area contributed by atoms with Crippen molar-refractivity contribution < 1.29 is 9.47 Å². The van der Waals surface area contributed by atoms with Gasteiger partial charge in [-0.3, -0.25) is 0 Å². The highest BCUT2D eigenvalue weighted by molar-refractivity contribution is 6.04. The van der Waals surface area contributed by atoms with Crippen LogP contribution in [0.1, 0.15) is 12.8 Å². The SMILES string of the molecule is COCCC[N]([AlH2])CCCOC. The maximum atomic E-state index is 4.98. The van der Waals surface area contributed by atoms with Gasteiger partial charge in [0.1, 0.15) is 0 Å². The van der Waals surface area contributed by atoms with E-state index in [1.165, 1.54) is 13.1 Å². The molecule has 0 N–H and O–H groups in total. The number of hydrogen-bond donors (Lipinski definition) is 0. The second-order valence-corrected chi connectivity index (χ2v) is 4.26. The zero-order valence-electron chi connectivity index (χ0n) is 8.51. The smallest absolute Gasteiger partial charge is 0.321 e. The van der Waals surface area contributed by atoms with Crippen LogP contribution in [-0.2, 0) is 9.47 Å². The van der Waals surface area contributed by atoms with E-state index in [2.05, 4.69) is 3.88 Å². The molecule has 0 aromatic heterocycles. The number of methoxy groups -OCH3 is 2. The second-order valence-electron chi connectivity index (χ2n) is 3.00. The van der Waals surface area contributed by atoms with Crippen LogP contribution in [0.15, 0.2) is 0 Å². The van der Waals surface area contributed by atoms with Crippen molar-refractivity contribution in [3.05, 3.63) is 0 Å². The Morgan fingerprint density at radius 3 is 1.75 bits per heavy atom. The summed E-state index contributed by atoms with van der Waals surface area (Å²) in [4.78, 5) is 0. The second kappa shape index (κ2) is 9.50. The van der Waals surface area contributed by atoms with Crippen LogP contribution < -0.4 is 0 Å². The molecule has 0 rings (SSSR count). The molecule has 0 aliphatic carbocycles. The largest absolute Gasteiger partial charge is 0.390 e. The molecule has 0 spiro atoms. The van der Waals surface area contributed by atoms with E-state index < -0.39 is 0 Å².